The molecule has 0 aliphatic carbocycles. The van der Waals surface area contributed by atoms with Crippen LogP contribution < -0.4 is 20.1 Å². The fourth-order valence-electron chi connectivity index (χ4n) is 5.78. The van der Waals surface area contributed by atoms with Gasteiger partial charge in [-0.15, -0.1) is 0 Å². The van der Waals surface area contributed by atoms with Gasteiger partial charge in [0.2, 0.25) is 11.8 Å². The van der Waals surface area contributed by atoms with E-state index in [4.69, 9.17) is 36.8 Å². The maximum Gasteiger partial charge on any atom is 0.321 e. The Morgan fingerprint density at radius 2 is 2.05 bits per heavy atom. The predicted octanol–water partition coefficient (Wildman–Crippen LogP) is 3.85. The van der Waals surface area contributed by atoms with E-state index in [1.165, 1.54) is 6.08 Å². The molecule has 208 valence electrons. The molecule has 0 unspecified atom stereocenters. The van der Waals surface area contributed by atoms with E-state index >= 15 is 0 Å². The zero-order valence-electron chi connectivity index (χ0n) is 22.6. The lowest BCUT2D eigenvalue weighted by Gasteiger charge is -2.40. The molecule has 0 saturated carbocycles. The number of allylic oxidation sites excluding steroid dienone is 1. The maximum absolute atomic E-state index is 12.3. The monoisotopic (exact) mass is 560 g/mol. The number of benzene rings is 2. The number of nitrogens with two attached hydrogens (primary N) is 1. The molecule has 2 aromatic carbocycles. The number of rotatable bonds is 6. The largest absolute Gasteiger partial charge is 0.462 e. The Kier molecular flexibility index (Phi) is 7.35. The fraction of sp³-hybridized carbons (Fsp3) is 0.367. The average molecular weight is 561 g/mol. The summed E-state index contributed by atoms with van der Waals surface area (Å²) in [5.74, 6) is 1.69. The third-order valence-electron chi connectivity index (χ3n) is 8.00. The predicted molar refractivity (Wildman–Crippen MR) is 157 cm³/mol. The van der Waals surface area contributed by atoms with Crippen LogP contribution in [0.25, 0.3) is 16.5 Å². The highest BCUT2D eigenvalue weighted by Crippen LogP contribution is 2.39. The van der Waals surface area contributed by atoms with Crippen molar-refractivity contribution in [1.82, 2.24) is 19.8 Å². The summed E-state index contributed by atoms with van der Waals surface area (Å²) < 4.78 is 12.6. The lowest BCUT2D eigenvalue weighted by molar-refractivity contribution is -0.128. The molecule has 0 spiro atoms. The minimum Gasteiger partial charge on any atom is -0.462 e. The number of hydrogen-bond donors (Lipinski definition) is 1. The average Bonchev–Trinajstić information content (AvgIpc) is 3.39. The minimum atomic E-state index is -0.491. The number of carbonyl (C=O) groups is 1. The number of amides is 1. The first-order chi connectivity index (χ1) is 19.4. The van der Waals surface area contributed by atoms with Crippen molar-refractivity contribution in [3.05, 3.63) is 71.3 Å². The van der Waals surface area contributed by atoms with Crippen molar-refractivity contribution in [3.8, 4) is 11.9 Å². The standard InChI is InChI=1S/C30H33ClN6O3/c1-3-26(38)37-16-15-36(17-25(37)32)28-22-12-13-24(21-10-4-7-19-8-5-11-23(31)27(19)21)40-29(22)34-30(33-28)39-18-20-9-6-14-35(20)2/h3-5,7-8,10-11,13,20,25H,1,6,9,12,14-18,32H2,2H3/t20-,25-/m0/s1. The molecular formula is C30H33ClN6O3. The molecule has 4 heterocycles. The van der Waals surface area contributed by atoms with Gasteiger partial charge in [-0.1, -0.05) is 48.5 Å². The van der Waals surface area contributed by atoms with Gasteiger partial charge >= 0.3 is 6.01 Å². The summed E-state index contributed by atoms with van der Waals surface area (Å²) in [7, 11) is 2.11. The second-order valence-corrected chi connectivity index (χ2v) is 10.9. The van der Waals surface area contributed by atoms with E-state index in [0.29, 0.717) is 61.2 Å². The third-order valence-corrected chi connectivity index (χ3v) is 8.31. The van der Waals surface area contributed by atoms with Crippen LogP contribution in [0, 0.1) is 0 Å². The van der Waals surface area contributed by atoms with E-state index in [2.05, 4.69) is 23.4 Å². The molecule has 40 heavy (non-hydrogen) atoms. The zero-order chi connectivity index (χ0) is 27.8. The molecule has 0 bridgehead atoms. The Labute approximate surface area is 238 Å². The van der Waals surface area contributed by atoms with Gasteiger partial charge in [0.25, 0.3) is 0 Å². The van der Waals surface area contributed by atoms with Crippen LogP contribution in [0.1, 0.15) is 24.0 Å². The summed E-state index contributed by atoms with van der Waals surface area (Å²) in [6, 6.07) is 12.5. The van der Waals surface area contributed by atoms with Gasteiger partial charge in [0.05, 0.1) is 18.3 Å². The van der Waals surface area contributed by atoms with E-state index in [9.17, 15) is 4.79 Å². The van der Waals surface area contributed by atoms with Gasteiger partial charge in [-0.2, -0.15) is 9.97 Å². The van der Waals surface area contributed by atoms with Crippen LogP contribution in [0.5, 0.6) is 11.9 Å². The van der Waals surface area contributed by atoms with Gasteiger partial charge in [0.15, 0.2) is 0 Å². The first-order valence-corrected chi connectivity index (χ1v) is 14.0. The minimum absolute atomic E-state index is 0.175. The molecule has 1 amide bonds. The molecule has 9 nitrogen and oxygen atoms in total. The molecule has 2 saturated heterocycles. The molecule has 6 rings (SSSR count). The van der Waals surface area contributed by atoms with Gasteiger partial charge < -0.3 is 29.9 Å². The van der Waals surface area contributed by atoms with Crippen LogP contribution >= 0.6 is 11.6 Å². The van der Waals surface area contributed by atoms with Gasteiger partial charge in [0.1, 0.15) is 18.2 Å². The Morgan fingerprint density at radius 3 is 2.80 bits per heavy atom. The summed E-state index contributed by atoms with van der Waals surface area (Å²) in [4.78, 5) is 27.8. The molecule has 1 aromatic heterocycles. The quantitative estimate of drug-likeness (QED) is 0.454. The van der Waals surface area contributed by atoms with Gasteiger partial charge in [-0.05, 0) is 50.0 Å². The lowest BCUT2D eigenvalue weighted by Crippen LogP contribution is -2.59. The summed E-state index contributed by atoms with van der Waals surface area (Å²) in [6.07, 6.45) is 5.64. The summed E-state index contributed by atoms with van der Waals surface area (Å²) in [5, 5.41) is 2.64. The zero-order valence-corrected chi connectivity index (χ0v) is 23.3. The van der Waals surface area contributed by atoms with Gasteiger partial charge in [-0.25, -0.2) is 0 Å². The van der Waals surface area contributed by atoms with Crippen molar-refractivity contribution < 1.29 is 14.3 Å². The number of anilines is 1. The molecule has 3 aliphatic rings. The van der Waals surface area contributed by atoms with Crippen LogP contribution in [0.15, 0.2) is 55.1 Å². The highest BCUT2D eigenvalue weighted by Gasteiger charge is 2.32. The van der Waals surface area contributed by atoms with Crippen LogP contribution in [0.2, 0.25) is 5.02 Å². The number of aromatic nitrogens is 2. The number of piperazine rings is 1. The summed E-state index contributed by atoms with van der Waals surface area (Å²) in [6.45, 7) is 6.60. The molecule has 2 atom stereocenters. The number of carbonyl (C=O) groups excluding carboxylic acids is 1. The smallest absolute Gasteiger partial charge is 0.321 e. The van der Waals surface area contributed by atoms with E-state index in [0.717, 1.165) is 41.3 Å². The molecule has 3 aromatic rings. The van der Waals surface area contributed by atoms with Crippen molar-refractivity contribution in [2.75, 3.05) is 44.7 Å². The van der Waals surface area contributed by atoms with Crippen LogP contribution in [0.4, 0.5) is 5.82 Å². The second kappa shape index (κ2) is 11.1. The number of likely N-dealkylation sites (N-methyl/N-ethyl adjacent to an activating group) is 1. The normalized spacial score (nSPS) is 21.1. The second-order valence-electron chi connectivity index (χ2n) is 10.5. The number of hydrogen-bond acceptors (Lipinski definition) is 8. The highest BCUT2D eigenvalue weighted by molar-refractivity contribution is 6.36. The van der Waals surface area contributed by atoms with Crippen molar-refractivity contribution in [3.63, 3.8) is 0 Å². The van der Waals surface area contributed by atoms with E-state index in [-0.39, 0.29) is 11.9 Å². The van der Waals surface area contributed by atoms with Crippen molar-refractivity contribution in [2.45, 2.75) is 31.5 Å². The first kappa shape index (κ1) is 26.6. The Bertz CT molecular complexity index is 1490. The molecule has 3 aliphatic heterocycles. The van der Waals surface area contributed by atoms with Crippen molar-refractivity contribution in [2.24, 2.45) is 5.73 Å². The number of fused-ring (bicyclic) bond motifs is 2. The topological polar surface area (TPSA) is 97.0 Å². The Balaban J connectivity index is 1.34. The van der Waals surface area contributed by atoms with Crippen molar-refractivity contribution in [1.29, 1.82) is 0 Å². The molecule has 10 heteroatoms. The Morgan fingerprint density at radius 1 is 1.23 bits per heavy atom. The number of nitrogens with zero attached hydrogens (tertiary/aromatic N) is 5. The van der Waals surface area contributed by atoms with E-state index in [1.54, 1.807) is 4.90 Å². The van der Waals surface area contributed by atoms with Crippen LogP contribution in [0.3, 0.4) is 0 Å². The SMILES string of the molecule is C=CC(=O)N1CCN(c2nc(OC[C@@H]3CCCN3C)nc3c2CC=C(c2cccc4cccc(Cl)c24)O3)C[C@H]1N. The number of halogens is 1. The van der Waals surface area contributed by atoms with E-state index in [1.807, 2.05) is 42.5 Å². The maximum atomic E-state index is 12.3. The van der Waals surface area contributed by atoms with Crippen molar-refractivity contribution >= 4 is 39.9 Å². The molecule has 0 radical (unpaired) electrons. The molecule has 2 N–H and O–H groups in total. The van der Waals surface area contributed by atoms with Crippen LogP contribution in [-0.2, 0) is 11.2 Å². The lowest BCUT2D eigenvalue weighted by atomic mass is 10.0. The molecule has 2 fully saturated rings. The fourth-order valence-corrected chi connectivity index (χ4v) is 6.07. The van der Waals surface area contributed by atoms with Gasteiger partial charge in [-0.3, -0.25) is 4.79 Å². The first-order valence-electron chi connectivity index (χ1n) is 13.7. The highest BCUT2D eigenvalue weighted by atomic mass is 35.5. The summed E-state index contributed by atoms with van der Waals surface area (Å²) >= 11 is 6.62. The molecular weight excluding hydrogens is 528 g/mol. The van der Waals surface area contributed by atoms with Gasteiger partial charge in [0, 0.05) is 41.5 Å². The third kappa shape index (κ3) is 5.00. The number of ether oxygens (including phenoxy) is 2. The summed E-state index contributed by atoms with van der Waals surface area (Å²) in [5.41, 5.74) is 8.16. The Hall–Kier alpha value is -3.66. The van der Waals surface area contributed by atoms with Crippen LogP contribution in [-0.4, -0.2) is 77.7 Å². The van der Waals surface area contributed by atoms with E-state index < -0.39 is 6.17 Å². The number of likely N-dealkylation sites (tertiary alicyclic amines) is 1.